The van der Waals surface area contributed by atoms with E-state index in [0.717, 1.165) is 5.56 Å². The van der Waals surface area contributed by atoms with Crippen LogP contribution < -0.4 is 0 Å². The van der Waals surface area contributed by atoms with E-state index < -0.39 is 10.0 Å². The molecule has 0 amide bonds. The van der Waals surface area contributed by atoms with E-state index in [0.29, 0.717) is 55.9 Å². The Labute approximate surface area is 160 Å². The molecule has 4 heterocycles. The topological polar surface area (TPSA) is 106 Å². The molecular formula is C16H19N5O4S2. The molecule has 144 valence electrons. The molecule has 0 atom stereocenters. The molecule has 0 saturated carbocycles. The van der Waals surface area contributed by atoms with Crippen LogP contribution in [0.2, 0.25) is 0 Å². The number of hydrogen-bond acceptors (Lipinski definition) is 9. The van der Waals surface area contributed by atoms with E-state index >= 15 is 0 Å². The van der Waals surface area contributed by atoms with Gasteiger partial charge in [0.15, 0.2) is 5.76 Å². The lowest BCUT2D eigenvalue weighted by Crippen LogP contribution is -2.48. The first-order valence-electron chi connectivity index (χ1n) is 8.45. The summed E-state index contributed by atoms with van der Waals surface area (Å²) in [6, 6.07) is 1.94. The summed E-state index contributed by atoms with van der Waals surface area (Å²) in [5.74, 6) is 1.42. The maximum Gasteiger partial charge on any atom is 0.248 e. The van der Waals surface area contributed by atoms with Gasteiger partial charge in [-0.3, -0.25) is 4.90 Å². The quantitative estimate of drug-likeness (QED) is 0.629. The Morgan fingerprint density at radius 3 is 2.56 bits per heavy atom. The van der Waals surface area contributed by atoms with Gasteiger partial charge in [0.05, 0.1) is 6.54 Å². The molecule has 4 rings (SSSR count). The summed E-state index contributed by atoms with van der Waals surface area (Å²) in [5, 5.41) is 11.7. The molecule has 3 aromatic heterocycles. The van der Waals surface area contributed by atoms with Crippen molar-refractivity contribution >= 4 is 21.4 Å². The summed E-state index contributed by atoms with van der Waals surface area (Å²) < 4.78 is 37.5. The first-order chi connectivity index (χ1) is 12.9. The van der Waals surface area contributed by atoms with Crippen molar-refractivity contribution in [1.82, 2.24) is 24.5 Å². The highest BCUT2D eigenvalue weighted by atomic mass is 32.2. The molecule has 0 aliphatic carbocycles. The Balaban J connectivity index is 1.39. The summed E-state index contributed by atoms with van der Waals surface area (Å²) in [7, 11) is -3.60. The largest absolute Gasteiger partial charge is 0.360 e. The second-order valence-corrected chi connectivity index (χ2v) is 9.01. The second kappa shape index (κ2) is 7.15. The van der Waals surface area contributed by atoms with E-state index in [1.54, 1.807) is 25.2 Å². The van der Waals surface area contributed by atoms with Crippen LogP contribution in [0.1, 0.15) is 17.3 Å². The summed E-state index contributed by atoms with van der Waals surface area (Å²) in [5.41, 5.74) is 1.33. The molecule has 3 aromatic rings. The fraction of sp³-hybridized carbons (Fsp3) is 0.438. The maximum absolute atomic E-state index is 12.9. The number of hydrogen-bond donors (Lipinski definition) is 0. The molecule has 0 bridgehead atoms. The minimum absolute atomic E-state index is 0.174. The Kier molecular flexibility index (Phi) is 4.84. The maximum atomic E-state index is 12.9. The molecule has 0 N–H and O–H groups in total. The molecule has 1 fully saturated rings. The van der Waals surface area contributed by atoms with Crippen LogP contribution in [-0.2, 0) is 16.6 Å². The highest BCUT2D eigenvalue weighted by Crippen LogP contribution is 2.24. The van der Waals surface area contributed by atoms with Crippen LogP contribution in [0, 0.1) is 13.8 Å². The van der Waals surface area contributed by atoms with Crippen molar-refractivity contribution in [2.75, 3.05) is 26.2 Å². The van der Waals surface area contributed by atoms with Gasteiger partial charge in [-0.15, -0.1) is 0 Å². The molecule has 11 heteroatoms. The van der Waals surface area contributed by atoms with Gasteiger partial charge in [0.1, 0.15) is 10.6 Å². The molecule has 9 nitrogen and oxygen atoms in total. The number of nitrogens with zero attached hydrogens (tertiary/aromatic N) is 5. The van der Waals surface area contributed by atoms with Gasteiger partial charge in [-0.2, -0.15) is 20.6 Å². The fourth-order valence-electron chi connectivity index (χ4n) is 3.12. The number of sulfonamides is 1. The van der Waals surface area contributed by atoms with Crippen molar-refractivity contribution in [3.05, 3.63) is 34.2 Å². The number of aryl methyl sites for hydroxylation is 2. The van der Waals surface area contributed by atoms with Crippen LogP contribution in [0.4, 0.5) is 0 Å². The normalized spacial score (nSPS) is 16.8. The van der Waals surface area contributed by atoms with Gasteiger partial charge in [0, 0.05) is 37.1 Å². The number of rotatable bonds is 5. The predicted octanol–water partition coefficient (Wildman–Crippen LogP) is 1.91. The van der Waals surface area contributed by atoms with Crippen LogP contribution in [0.15, 0.2) is 30.8 Å². The molecule has 0 aromatic carbocycles. The second-order valence-electron chi connectivity index (χ2n) is 6.36. The van der Waals surface area contributed by atoms with Gasteiger partial charge < -0.3 is 9.05 Å². The zero-order valence-corrected chi connectivity index (χ0v) is 16.6. The van der Waals surface area contributed by atoms with Gasteiger partial charge >= 0.3 is 0 Å². The van der Waals surface area contributed by atoms with E-state index in [4.69, 9.17) is 9.05 Å². The zero-order chi connectivity index (χ0) is 19.0. The molecule has 0 spiro atoms. The number of piperazine rings is 1. The smallest absolute Gasteiger partial charge is 0.248 e. The average Bonchev–Trinajstić information content (AvgIpc) is 3.37. The number of thiophene rings is 1. The predicted molar refractivity (Wildman–Crippen MR) is 97.6 cm³/mol. The SMILES string of the molecule is Cc1noc(C)c1S(=O)(=O)N1CCN(Cc2nc(-c3ccsc3)no2)CC1. The molecule has 1 aliphatic rings. The summed E-state index contributed by atoms with van der Waals surface area (Å²) >= 11 is 1.58. The van der Waals surface area contributed by atoms with Crippen molar-refractivity contribution in [1.29, 1.82) is 0 Å². The molecule has 27 heavy (non-hydrogen) atoms. The van der Waals surface area contributed by atoms with Gasteiger partial charge in [-0.05, 0) is 25.3 Å². The summed E-state index contributed by atoms with van der Waals surface area (Å²) in [6.45, 7) is 5.69. The van der Waals surface area contributed by atoms with Crippen LogP contribution in [0.5, 0.6) is 0 Å². The van der Waals surface area contributed by atoms with Crippen molar-refractivity contribution in [2.45, 2.75) is 25.3 Å². The van der Waals surface area contributed by atoms with E-state index in [1.165, 1.54) is 4.31 Å². The molecule has 0 radical (unpaired) electrons. The van der Waals surface area contributed by atoms with Crippen molar-refractivity contribution in [3.8, 4) is 11.4 Å². The van der Waals surface area contributed by atoms with Gasteiger partial charge in [0.2, 0.25) is 21.7 Å². The Bertz CT molecular complexity index is 998. The summed E-state index contributed by atoms with van der Waals surface area (Å²) in [4.78, 5) is 6.69. The lowest BCUT2D eigenvalue weighted by molar-refractivity contribution is 0.163. The van der Waals surface area contributed by atoms with Crippen LogP contribution >= 0.6 is 11.3 Å². The molecule has 1 aliphatic heterocycles. The third-order valence-electron chi connectivity index (χ3n) is 4.50. The Morgan fingerprint density at radius 1 is 1.15 bits per heavy atom. The zero-order valence-electron chi connectivity index (χ0n) is 15.0. The van der Waals surface area contributed by atoms with Crippen LogP contribution in [-0.4, -0.2) is 59.1 Å². The molecular weight excluding hydrogens is 390 g/mol. The lowest BCUT2D eigenvalue weighted by atomic mass is 10.3. The Morgan fingerprint density at radius 2 is 1.93 bits per heavy atom. The van der Waals surface area contributed by atoms with E-state index in [1.807, 2.05) is 16.8 Å². The van der Waals surface area contributed by atoms with Gasteiger partial charge in [0.25, 0.3) is 0 Å². The van der Waals surface area contributed by atoms with Gasteiger partial charge in [-0.1, -0.05) is 10.3 Å². The third-order valence-corrected chi connectivity index (χ3v) is 7.33. The van der Waals surface area contributed by atoms with E-state index in [9.17, 15) is 8.42 Å². The van der Waals surface area contributed by atoms with E-state index in [2.05, 4.69) is 20.2 Å². The van der Waals surface area contributed by atoms with Crippen molar-refractivity contribution in [3.63, 3.8) is 0 Å². The minimum Gasteiger partial charge on any atom is -0.360 e. The summed E-state index contributed by atoms with van der Waals surface area (Å²) in [6.07, 6.45) is 0. The van der Waals surface area contributed by atoms with E-state index in [-0.39, 0.29) is 4.90 Å². The third kappa shape index (κ3) is 3.55. The highest BCUT2D eigenvalue weighted by Gasteiger charge is 2.33. The number of aromatic nitrogens is 3. The van der Waals surface area contributed by atoms with Gasteiger partial charge in [-0.25, -0.2) is 8.42 Å². The monoisotopic (exact) mass is 409 g/mol. The first-order valence-corrected chi connectivity index (χ1v) is 10.8. The van der Waals surface area contributed by atoms with Crippen molar-refractivity contribution < 1.29 is 17.5 Å². The standard InChI is InChI=1S/C16H19N5O4S2/c1-11-15(12(2)24-18-11)27(22,23)21-6-4-20(5-7-21)9-14-17-16(19-25-14)13-3-8-26-10-13/h3,8,10H,4-7,9H2,1-2H3. The van der Waals surface area contributed by atoms with Crippen molar-refractivity contribution in [2.24, 2.45) is 0 Å². The highest BCUT2D eigenvalue weighted by molar-refractivity contribution is 7.89. The van der Waals surface area contributed by atoms with Crippen LogP contribution in [0.3, 0.4) is 0 Å². The van der Waals surface area contributed by atoms with Crippen LogP contribution in [0.25, 0.3) is 11.4 Å². The molecule has 1 saturated heterocycles. The first kappa shape index (κ1) is 18.3. The lowest BCUT2D eigenvalue weighted by Gasteiger charge is -2.32. The fourth-order valence-corrected chi connectivity index (χ4v) is 5.47. The average molecular weight is 409 g/mol. The molecule has 0 unspecified atom stereocenters. The Hall–Kier alpha value is -2.08. The minimum atomic E-state index is -3.60.